The molecule has 1 nitrogen and oxygen atoms in total. The molecular weight excluding hydrogens is 237 g/mol. The number of aromatic nitrogens is 1. The molecule has 50 valence electrons. The van der Waals surface area contributed by atoms with Gasteiger partial charge in [-0.25, -0.2) is 0 Å². The van der Waals surface area contributed by atoms with E-state index in [2.05, 4.69) is 51.4 Å². The lowest BCUT2D eigenvalue weighted by molar-refractivity contribution is 1.19. The predicted molar refractivity (Wildman–Crippen MR) is 50.1 cm³/mol. The molecule has 0 radical (unpaired) electrons. The van der Waals surface area contributed by atoms with Crippen LogP contribution in [0.4, 0.5) is 0 Å². The number of pyridine rings is 1. The molecule has 0 spiro atoms. The summed E-state index contributed by atoms with van der Waals surface area (Å²) in [5, 5.41) is 0. The molecule has 2 heteroatoms. The number of halogens is 1. The topological polar surface area (TPSA) is 4.41 Å². The minimum atomic E-state index is 1.26. The van der Waals surface area contributed by atoms with E-state index in [0.717, 1.165) is 0 Å². The van der Waals surface area contributed by atoms with E-state index in [4.69, 9.17) is 0 Å². The Balaban J connectivity index is 2.86. The van der Waals surface area contributed by atoms with Gasteiger partial charge in [0.1, 0.15) is 0 Å². The normalized spacial score (nSPS) is 10.5. The molecule has 10 heavy (non-hydrogen) atoms. The lowest BCUT2D eigenvalue weighted by Gasteiger charge is -1.93. The summed E-state index contributed by atoms with van der Waals surface area (Å²) in [6.45, 7) is 0. The quantitative estimate of drug-likeness (QED) is 0.626. The van der Waals surface area contributed by atoms with Gasteiger partial charge >= 0.3 is 0 Å². The van der Waals surface area contributed by atoms with Crippen molar-refractivity contribution < 1.29 is 0 Å². The van der Waals surface area contributed by atoms with Gasteiger partial charge in [-0.05, 0) is 46.9 Å². The first-order valence-electron chi connectivity index (χ1n) is 3.08. The van der Waals surface area contributed by atoms with E-state index in [1.54, 1.807) is 0 Å². The summed E-state index contributed by atoms with van der Waals surface area (Å²) < 4.78 is 3.38. The van der Waals surface area contributed by atoms with Crippen molar-refractivity contribution in [2.45, 2.75) is 0 Å². The standard InChI is InChI=1S/C8H6IN/c9-7-3-5-10-4-1-2-8(10)6-7/h1-6H. The van der Waals surface area contributed by atoms with Crippen LogP contribution in [0.15, 0.2) is 36.7 Å². The lowest BCUT2D eigenvalue weighted by Crippen LogP contribution is -1.79. The van der Waals surface area contributed by atoms with Crippen LogP contribution in [0.3, 0.4) is 0 Å². The Morgan fingerprint density at radius 2 is 2.10 bits per heavy atom. The zero-order chi connectivity index (χ0) is 6.97. The Morgan fingerprint density at radius 1 is 1.20 bits per heavy atom. The second-order valence-electron chi connectivity index (χ2n) is 2.19. The van der Waals surface area contributed by atoms with Gasteiger partial charge in [0.2, 0.25) is 0 Å². The van der Waals surface area contributed by atoms with Gasteiger partial charge in [0.05, 0.1) is 0 Å². The van der Waals surface area contributed by atoms with Crippen molar-refractivity contribution >= 4 is 28.1 Å². The van der Waals surface area contributed by atoms with Crippen molar-refractivity contribution in [1.29, 1.82) is 0 Å². The van der Waals surface area contributed by atoms with E-state index < -0.39 is 0 Å². The molecule has 0 aliphatic carbocycles. The molecular formula is C8H6IN. The maximum Gasteiger partial charge on any atom is 0.0460 e. The minimum absolute atomic E-state index is 1.26. The van der Waals surface area contributed by atoms with Crippen molar-refractivity contribution in [3.8, 4) is 0 Å². The van der Waals surface area contributed by atoms with Gasteiger partial charge in [-0.15, -0.1) is 0 Å². The Labute approximate surface area is 72.8 Å². The van der Waals surface area contributed by atoms with Gasteiger partial charge in [-0.2, -0.15) is 0 Å². The molecule has 0 aliphatic rings. The average Bonchev–Trinajstić information content (AvgIpc) is 2.33. The van der Waals surface area contributed by atoms with Crippen molar-refractivity contribution in [2.75, 3.05) is 0 Å². The second-order valence-corrected chi connectivity index (χ2v) is 3.43. The SMILES string of the molecule is Ic1ccn2cccc2c1. The molecule has 0 N–H and O–H groups in total. The van der Waals surface area contributed by atoms with Crippen LogP contribution >= 0.6 is 22.6 Å². The Hall–Kier alpha value is -0.510. The average molecular weight is 243 g/mol. The summed E-state index contributed by atoms with van der Waals surface area (Å²) in [5.74, 6) is 0. The van der Waals surface area contributed by atoms with Crippen LogP contribution in [0.1, 0.15) is 0 Å². The summed E-state index contributed by atoms with van der Waals surface area (Å²) in [6.07, 6.45) is 4.11. The number of hydrogen-bond acceptors (Lipinski definition) is 0. The van der Waals surface area contributed by atoms with Crippen LogP contribution in [-0.4, -0.2) is 4.40 Å². The van der Waals surface area contributed by atoms with Crippen molar-refractivity contribution in [3.63, 3.8) is 0 Å². The van der Waals surface area contributed by atoms with Crippen molar-refractivity contribution in [3.05, 3.63) is 40.2 Å². The lowest BCUT2D eigenvalue weighted by atomic mass is 10.4. The van der Waals surface area contributed by atoms with Crippen molar-refractivity contribution in [2.24, 2.45) is 0 Å². The molecule has 0 saturated heterocycles. The van der Waals surface area contributed by atoms with Gasteiger partial charge < -0.3 is 4.40 Å². The van der Waals surface area contributed by atoms with E-state index >= 15 is 0 Å². The van der Waals surface area contributed by atoms with Crippen LogP contribution in [-0.2, 0) is 0 Å². The molecule has 0 saturated carbocycles. The minimum Gasteiger partial charge on any atom is -0.324 e. The van der Waals surface area contributed by atoms with Crippen LogP contribution in [0.2, 0.25) is 0 Å². The van der Waals surface area contributed by atoms with Gasteiger partial charge in [-0.3, -0.25) is 0 Å². The van der Waals surface area contributed by atoms with Crippen LogP contribution in [0.5, 0.6) is 0 Å². The van der Waals surface area contributed by atoms with E-state index in [1.807, 2.05) is 12.3 Å². The smallest absolute Gasteiger partial charge is 0.0460 e. The maximum atomic E-state index is 2.31. The van der Waals surface area contributed by atoms with Crippen molar-refractivity contribution in [1.82, 2.24) is 4.40 Å². The molecule has 0 amide bonds. The monoisotopic (exact) mass is 243 g/mol. The summed E-state index contributed by atoms with van der Waals surface area (Å²) in [7, 11) is 0. The second kappa shape index (κ2) is 2.27. The predicted octanol–water partition coefficient (Wildman–Crippen LogP) is 2.54. The summed E-state index contributed by atoms with van der Waals surface area (Å²) in [5.41, 5.74) is 1.26. The van der Waals surface area contributed by atoms with E-state index in [1.165, 1.54) is 9.09 Å². The zero-order valence-electron chi connectivity index (χ0n) is 5.29. The largest absolute Gasteiger partial charge is 0.324 e. The first kappa shape index (κ1) is 6.22. The molecule has 2 heterocycles. The molecule has 0 atom stereocenters. The van der Waals surface area contributed by atoms with Gasteiger partial charge in [0, 0.05) is 21.5 Å². The highest BCUT2D eigenvalue weighted by Crippen LogP contribution is 2.09. The Morgan fingerprint density at radius 3 is 3.00 bits per heavy atom. The number of nitrogens with zero attached hydrogens (tertiary/aromatic N) is 1. The molecule has 0 aliphatic heterocycles. The van der Waals surface area contributed by atoms with E-state index in [9.17, 15) is 0 Å². The molecule has 2 aromatic heterocycles. The molecule has 0 fully saturated rings. The molecule has 2 rings (SSSR count). The third kappa shape index (κ3) is 0.923. The number of fused-ring (bicyclic) bond motifs is 1. The first-order chi connectivity index (χ1) is 4.86. The summed E-state index contributed by atoms with van der Waals surface area (Å²) in [6, 6.07) is 8.39. The highest BCUT2D eigenvalue weighted by atomic mass is 127. The van der Waals surface area contributed by atoms with Gasteiger partial charge in [0.15, 0.2) is 0 Å². The third-order valence-corrected chi connectivity index (χ3v) is 2.16. The zero-order valence-corrected chi connectivity index (χ0v) is 7.45. The van der Waals surface area contributed by atoms with Gasteiger partial charge in [-0.1, -0.05) is 0 Å². The fourth-order valence-electron chi connectivity index (χ4n) is 1.01. The highest BCUT2D eigenvalue weighted by Gasteiger charge is 1.89. The fraction of sp³-hybridized carbons (Fsp3) is 0. The van der Waals surface area contributed by atoms with Crippen LogP contribution < -0.4 is 0 Å². The van der Waals surface area contributed by atoms with Crippen LogP contribution in [0, 0.1) is 3.57 Å². The fourth-order valence-corrected chi connectivity index (χ4v) is 1.49. The molecule has 0 bridgehead atoms. The number of rotatable bonds is 0. The Bertz CT molecular complexity index is 351. The number of hydrogen-bond donors (Lipinski definition) is 0. The highest BCUT2D eigenvalue weighted by molar-refractivity contribution is 14.1. The first-order valence-corrected chi connectivity index (χ1v) is 4.16. The van der Waals surface area contributed by atoms with E-state index in [-0.39, 0.29) is 0 Å². The molecule has 0 unspecified atom stereocenters. The summed E-state index contributed by atoms with van der Waals surface area (Å²) >= 11 is 2.31. The summed E-state index contributed by atoms with van der Waals surface area (Å²) in [4.78, 5) is 0. The van der Waals surface area contributed by atoms with Crippen LogP contribution in [0.25, 0.3) is 5.52 Å². The molecule has 2 aromatic rings. The maximum absolute atomic E-state index is 2.31. The molecule has 0 aromatic carbocycles. The van der Waals surface area contributed by atoms with E-state index in [0.29, 0.717) is 0 Å². The third-order valence-electron chi connectivity index (χ3n) is 1.49. The Kier molecular flexibility index (Phi) is 1.41. The van der Waals surface area contributed by atoms with Gasteiger partial charge in [0.25, 0.3) is 0 Å².